The molecule has 0 spiro atoms. The number of carbonyl (C=O) groups is 2. The van der Waals surface area contributed by atoms with Gasteiger partial charge >= 0.3 is 12.2 Å². The predicted octanol–water partition coefficient (Wildman–Crippen LogP) is 5.93. The number of amides is 2. The van der Waals surface area contributed by atoms with E-state index in [1.807, 2.05) is 13.0 Å². The van der Waals surface area contributed by atoms with Gasteiger partial charge in [0.2, 0.25) is 0 Å². The van der Waals surface area contributed by atoms with E-state index in [0.717, 1.165) is 31.2 Å². The second kappa shape index (κ2) is 10.1. The first-order chi connectivity index (χ1) is 16.8. The number of carbonyl (C=O) groups excluding carboxylic acids is 2. The summed E-state index contributed by atoms with van der Waals surface area (Å²) in [6.45, 7) is 19.4. The largest absolute Gasteiger partial charge is 0.446 e. The summed E-state index contributed by atoms with van der Waals surface area (Å²) in [6.07, 6.45) is 2.00. The third-order valence-electron chi connectivity index (χ3n) is 8.83. The smallest absolute Gasteiger partial charge is 0.412 e. The van der Waals surface area contributed by atoms with Gasteiger partial charge in [-0.1, -0.05) is 6.07 Å². The van der Waals surface area contributed by atoms with E-state index in [2.05, 4.69) is 89.9 Å². The van der Waals surface area contributed by atoms with Gasteiger partial charge in [-0.3, -0.25) is 15.1 Å². The number of piperidine rings is 2. The number of likely N-dealkylation sites (tertiary alicyclic amines) is 2. The molecular weight excluding hydrogens is 468 g/mol. The Bertz CT molecular complexity index is 981. The van der Waals surface area contributed by atoms with Crippen molar-refractivity contribution in [1.82, 2.24) is 15.1 Å². The van der Waals surface area contributed by atoms with Crippen LogP contribution in [0.2, 0.25) is 0 Å². The van der Waals surface area contributed by atoms with Gasteiger partial charge < -0.3 is 14.8 Å². The van der Waals surface area contributed by atoms with Gasteiger partial charge in [0, 0.05) is 47.1 Å². The standard InChI is InChI=1S/C29H48N4O4/c1-19-12-13-21(36-24(34)30-20-15-26(2,3)32(10)27(4,5)16-20)14-23(19)31-25(35)37-22-17-28(6,7)33(11)29(8,9)18-22/h12-14,20,22H,15-18H2,1-11H3,(H,30,34)(H,31,35). The number of benzene rings is 1. The van der Waals surface area contributed by atoms with Crippen LogP contribution in [-0.4, -0.2) is 70.4 Å². The number of aryl methyl sites for hydroxylation is 1. The molecule has 2 N–H and O–H groups in total. The van der Waals surface area contributed by atoms with Crippen LogP contribution in [0.4, 0.5) is 15.3 Å². The highest BCUT2D eigenvalue weighted by Crippen LogP contribution is 2.39. The van der Waals surface area contributed by atoms with Crippen molar-refractivity contribution in [3.63, 3.8) is 0 Å². The molecule has 0 unspecified atom stereocenters. The predicted molar refractivity (Wildman–Crippen MR) is 148 cm³/mol. The van der Waals surface area contributed by atoms with Gasteiger partial charge in [-0.25, -0.2) is 9.59 Å². The summed E-state index contributed by atoms with van der Waals surface area (Å²) in [6, 6.07) is 5.23. The number of nitrogens with zero attached hydrogens (tertiary/aromatic N) is 2. The topological polar surface area (TPSA) is 83.1 Å². The molecule has 8 nitrogen and oxygen atoms in total. The second-order valence-electron chi connectivity index (χ2n) is 13.5. The fraction of sp³-hybridized carbons (Fsp3) is 0.724. The first kappa shape index (κ1) is 29.2. The van der Waals surface area contributed by atoms with Gasteiger partial charge in [0.05, 0.1) is 5.69 Å². The average molecular weight is 517 g/mol. The highest BCUT2D eigenvalue weighted by molar-refractivity contribution is 5.86. The Balaban J connectivity index is 1.61. The highest BCUT2D eigenvalue weighted by Gasteiger charge is 2.45. The molecule has 8 heteroatoms. The third kappa shape index (κ3) is 6.77. The van der Waals surface area contributed by atoms with Crippen LogP contribution in [0.1, 0.15) is 86.6 Å². The molecular formula is C29H48N4O4. The number of rotatable bonds is 4. The minimum atomic E-state index is -0.498. The highest BCUT2D eigenvalue weighted by atomic mass is 16.6. The Morgan fingerprint density at radius 3 is 1.81 bits per heavy atom. The van der Waals surface area contributed by atoms with Crippen molar-refractivity contribution in [2.24, 2.45) is 0 Å². The zero-order valence-electron chi connectivity index (χ0n) is 24.7. The molecule has 2 heterocycles. The molecule has 1 aromatic rings. The molecule has 0 aliphatic carbocycles. The van der Waals surface area contributed by atoms with E-state index in [1.165, 1.54) is 0 Å². The Morgan fingerprint density at radius 2 is 1.30 bits per heavy atom. The first-order valence-electron chi connectivity index (χ1n) is 13.4. The van der Waals surface area contributed by atoms with E-state index in [1.54, 1.807) is 12.1 Å². The van der Waals surface area contributed by atoms with Crippen LogP contribution < -0.4 is 15.4 Å². The maximum absolute atomic E-state index is 12.8. The molecule has 0 bridgehead atoms. The molecule has 208 valence electrons. The van der Waals surface area contributed by atoms with E-state index >= 15 is 0 Å². The number of nitrogens with one attached hydrogen (secondary N) is 2. The van der Waals surface area contributed by atoms with Crippen molar-refractivity contribution in [3.05, 3.63) is 23.8 Å². The molecule has 2 fully saturated rings. The summed E-state index contributed by atoms with van der Waals surface area (Å²) >= 11 is 0. The van der Waals surface area contributed by atoms with E-state index in [0.29, 0.717) is 11.4 Å². The Kier molecular flexibility index (Phi) is 7.98. The van der Waals surface area contributed by atoms with Crippen LogP contribution in [0.5, 0.6) is 5.75 Å². The van der Waals surface area contributed by atoms with Crippen LogP contribution in [0, 0.1) is 6.92 Å². The molecule has 0 saturated carbocycles. The fourth-order valence-corrected chi connectivity index (χ4v) is 6.23. The molecule has 2 aliphatic heterocycles. The third-order valence-corrected chi connectivity index (χ3v) is 8.83. The second-order valence-corrected chi connectivity index (χ2v) is 13.5. The van der Waals surface area contributed by atoms with Crippen LogP contribution in [0.25, 0.3) is 0 Å². The molecule has 0 atom stereocenters. The molecule has 0 radical (unpaired) electrons. The Labute approximate surface area is 223 Å². The Morgan fingerprint density at radius 1 is 0.811 bits per heavy atom. The molecule has 37 heavy (non-hydrogen) atoms. The number of anilines is 1. The van der Waals surface area contributed by atoms with E-state index in [9.17, 15) is 9.59 Å². The summed E-state index contributed by atoms with van der Waals surface area (Å²) in [5, 5.41) is 5.90. The number of hydrogen-bond acceptors (Lipinski definition) is 6. The quantitative estimate of drug-likeness (QED) is 0.516. The fourth-order valence-electron chi connectivity index (χ4n) is 6.23. The summed E-state index contributed by atoms with van der Waals surface area (Å²) in [5.41, 5.74) is 1.17. The summed E-state index contributed by atoms with van der Waals surface area (Å²) in [7, 11) is 4.25. The first-order valence-corrected chi connectivity index (χ1v) is 13.4. The molecule has 1 aromatic carbocycles. The lowest BCUT2D eigenvalue weighted by atomic mass is 9.77. The van der Waals surface area contributed by atoms with Crippen molar-refractivity contribution >= 4 is 17.9 Å². The Hall–Kier alpha value is -2.32. The number of ether oxygens (including phenoxy) is 2. The summed E-state index contributed by atoms with van der Waals surface area (Å²) in [5.74, 6) is 0.367. The van der Waals surface area contributed by atoms with Gasteiger partial charge in [-0.05, 0) is 101 Å². The van der Waals surface area contributed by atoms with Gasteiger partial charge in [0.1, 0.15) is 11.9 Å². The zero-order chi connectivity index (χ0) is 28.0. The van der Waals surface area contributed by atoms with Gasteiger partial charge in [0.15, 0.2) is 0 Å². The van der Waals surface area contributed by atoms with Crippen LogP contribution in [0.3, 0.4) is 0 Å². The normalized spacial score (nSPS) is 23.8. The van der Waals surface area contributed by atoms with E-state index in [4.69, 9.17) is 9.47 Å². The minimum Gasteiger partial charge on any atom is -0.446 e. The maximum Gasteiger partial charge on any atom is 0.412 e. The van der Waals surface area contributed by atoms with E-state index < -0.39 is 12.2 Å². The van der Waals surface area contributed by atoms with Crippen molar-refractivity contribution in [3.8, 4) is 5.75 Å². The SMILES string of the molecule is Cc1ccc(OC(=O)NC2CC(C)(C)N(C)C(C)(C)C2)cc1NC(=O)OC1CC(C)(C)N(C)C(C)(C)C1. The van der Waals surface area contributed by atoms with Crippen molar-refractivity contribution in [2.75, 3.05) is 19.4 Å². The molecule has 2 aliphatic rings. The summed E-state index contributed by atoms with van der Waals surface area (Å²) < 4.78 is 11.5. The van der Waals surface area contributed by atoms with Crippen LogP contribution in [-0.2, 0) is 4.74 Å². The van der Waals surface area contributed by atoms with Crippen LogP contribution in [0.15, 0.2) is 18.2 Å². The maximum atomic E-state index is 12.8. The summed E-state index contributed by atoms with van der Waals surface area (Å²) in [4.78, 5) is 30.3. The monoisotopic (exact) mass is 516 g/mol. The van der Waals surface area contributed by atoms with Gasteiger partial charge in [0.25, 0.3) is 0 Å². The van der Waals surface area contributed by atoms with Gasteiger partial charge in [-0.15, -0.1) is 0 Å². The van der Waals surface area contributed by atoms with Crippen molar-refractivity contribution in [2.45, 2.75) is 122 Å². The van der Waals surface area contributed by atoms with Crippen molar-refractivity contribution in [1.29, 1.82) is 0 Å². The average Bonchev–Trinajstić information content (AvgIpc) is 2.71. The zero-order valence-corrected chi connectivity index (χ0v) is 24.7. The molecule has 3 rings (SSSR count). The van der Waals surface area contributed by atoms with E-state index in [-0.39, 0.29) is 34.3 Å². The lowest BCUT2D eigenvalue weighted by Gasteiger charge is -2.53. The molecule has 2 amide bonds. The lowest BCUT2D eigenvalue weighted by molar-refractivity contribution is -0.0659. The lowest BCUT2D eigenvalue weighted by Crippen LogP contribution is -2.62. The molecule has 0 aromatic heterocycles. The molecule has 2 saturated heterocycles. The van der Waals surface area contributed by atoms with Crippen LogP contribution >= 0.6 is 0 Å². The number of hydrogen-bond donors (Lipinski definition) is 2. The van der Waals surface area contributed by atoms with Gasteiger partial charge in [-0.2, -0.15) is 0 Å². The van der Waals surface area contributed by atoms with Crippen molar-refractivity contribution < 1.29 is 19.1 Å². The minimum absolute atomic E-state index is 0.00904.